The van der Waals surface area contributed by atoms with Crippen molar-refractivity contribution >= 4 is 12.1 Å². The van der Waals surface area contributed by atoms with E-state index >= 15 is 0 Å². The molecule has 3 heteroatoms. The van der Waals surface area contributed by atoms with E-state index in [4.69, 9.17) is 5.73 Å². The average Bonchev–Trinajstić information content (AvgIpc) is 1.87. The van der Waals surface area contributed by atoms with E-state index in [-0.39, 0.29) is 11.4 Å². The Balaban J connectivity index is 4.18. The van der Waals surface area contributed by atoms with E-state index in [0.717, 1.165) is 0 Å². The zero-order valence-corrected chi connectivity index (χ0v) is 5.00. The maximum Gasteiger partial charge on any atom is 0.153 e. The Morgan fingerprint density at radius 3 is 2.56 bits per heavy atom. The zero-order valence-electron chi connectivity index (χ0n) is 5.00. The van der Waals surface area contributed by atoms with Gasteiger partial charge in [-0.1, -0.05) is 13.2 Å². The largest absolute Gasteiger partial charge is 0.383 e. The summed E-state index contributed by atoms with van der Waals surface area (Å²) in [5.41, 5.74) is 5.36. The second-order valence-electron chi connectivity index (χ2n) is 1.34. The Morgan fingerprint density at radius 1 is 1.67 bits per heavy atom. The molecule has 0 radical (unpaired) electrons. The average molecular weight is 124 g/mol. The minimum Gasteiger partial charge on any atom is -0.383 e. The molecule has 0 rings (SSSR count). The van der Waals surface area contributed by atoms with Gasteiger partial charge < -0.3 is 5.73 Å². The van der Waals surface area contributed by atoms with E-state index < -0.39 is 0 Å². The van der Waals surface area contributed by atoms with Gasteiger partial charge in [0.15, 0.2) is 6.29 Å². The minimum atomic E-state index is 0.111. The summed E-state index contributed by atoms with van der Waals surface area (Å²) in [4.78, 5) is 13.4. The van der Waals surface area contributed by atoms with E-state index in [2.05, 4.69) is 18.2 Å². The van der Waals surface area contributed by atoms with Crippen LogP contribution in [0.15, 0.2) is 29.9 Å². The van der Waals surface area contributed by atoms with E-state index in [0.29, 0.717) is 6.29 Å². The number of nitrogens with zero attached hydrogens (tertiary/aromatic N) is 1. The van der Waals surface area contributed by atoms with Gasteiger partial charge in [0.2, 0.25) is 0 Å². The molecule has 0 aliphatic carbocycles. The van der Waals surface area contributed by atoms with Gasteiger partial charge in [0.05, 0.1) is 0 Å². The number of carbonyl (C=O) groups is 1. The van der Waals surface area contributed by atoms with Gasteiger partial charge in [-0.05, 0) is 0 Å². The highest BCUT2D eigenvalue weighted by Gasteiger charge is 1.92. The molecule has 0 spiro atoms. The molecule has 0 aromatic heterocycles. The molecular weight excluding hydrogens is 116 g/mol. The van der Waals surface area contributed by atoms with Crippen molar-refractivity contribution in [3.63, 3.8) is 0 Å². The highest BCUT2D eigenvalue weighted by atomic mass is 16.1. The van der Waals surface area contributed by atoms with Crippen molar-refractivity contribution in [2.75, 3.05) is 0 Å². The van der Waals surface area contributed by atoms with E-state index in [1.807, 2.05) is 0 Å². The van der Waals surface area contributed by atoms with Crippen molar-refractivity contribution in [2.24, 2.45) is 10.7 Å². The van der Waals surface area contributed by atoms with Crippen molar-refractivity contribution in [1.29, 1.82) is 0 Å². The Bertz CT molecular complexity index is 170. The molecule has 0 aliphatic heterocycles. The van der Waals surface area contributed by atoms with Gasteiger partial charge in [-0.2, -0.15) is 0 Å². The molecule has 0 saturated heterocycles. The van der Waals surface area contributed by atoms with Gasteiger partial charge in [-0.25, -0.2) is 4.99 Å². The quantitative estimate of drug-likeness (QED) is 0.253. The highest BCUT2D eigenvalue weighted by molar-refractivity contribution is 6.12. The van der Waals surface area contributed by atoms with Crippen LogP contribution in [0.4, 0.5) is 0 Å². The molecular formula is C6H8N2O. The van der Waals surface area contributed by atoms with Gasteiger partial charge >= 0.3 is 0 Å². The minimum absolute atomic E-state index is 0.111. The molecule has 0 unspecified atom stereocenters. The van der Waals surface area contributed by atoms with Crippen LogP contribution in [0.2, 0.25) is 0 Å². The third-order valence-corrected chi connectivity index (χ3v) is 0.702. The summed E-state index contributed by atoms with van der Waals surface area (Å²) in [6.45, 7) is 6.61. The summed E-state index contributed by atoms with van der Waals surface area (Å²) in [6, 6.07) is 0. The third kappa shape index (κ3) is 2.43. The van der Waals surface area contributed by atoms with Gasteiger partial charge in [-0.3, -0.25) is 4.79 Å². The first kappa shape index (κ1) is 7.62. The van der Waals surface area contributed by atoms with E-state index in [1.165, 1.54) is 6.20 Å². The van der Waals surface area contributed by atoms with Crippen LogP contribution in [0.3, 0.4) is 0 Å². The fourth-order valence-electron chi connectivity index (χ4n) is 0.242. The number of aldehydes is 1. The van der Waals surface area contributed by atoms with Crippen LogP contribution in [-0.2, 0) is 4.79 Å². The van der Waals surface area contributed by atoms with E-state index in [1.54, 1.807) is 0 Å². The molecule has 0 atom stereocenters. The molecule has 0 aliphatic rings. The normalized spacial score (nSPS) is 10.4. The van der Waals surface area contributed by atoms with Crippen LogP contribution in [-0.4, -0.2) is 12.1 Å². The molecule has 0 aromatic carbocycles. The molecule has 9 heavy (non-hydrogen) atoms. The Morgan fingerprint density at radius 2 is 2.22 bits per heavy atom. The Kier molecular flexibility index (Phi) is 3.05. The molecule has 2 N–H and O–H groups in total. The van der Waals surface area contributed by atoms with Crippen molar-refractivity contribution in [1.82, 2.24) is 0 Å². The molecule has 0 amide bonds. The topological polar surface area (TPSA) is 55.4 Å². The standard InChI is InChI=1S/C6H8N2O/c1-3-8-6(7)5(2)4-9/h3-4H,1-2H2,(H2,7,8). The number of nitrogens with two attached hydrogens (primary N) is 1. The van der Waals surface area contributed by atoms with E-state index in [9.17, 15) is 4.79 Å². The second-order valence-corrected chi connectivity index (χ2v) is 1.34. The molecule has 0 bridgehead atoms. The van der Waals surface area contributed by atoms with Crippen LogP contribution in [0.25, 0.3) is 0 Å². The van der Waals surface area contributed by atoms with Crippen molar-refractivity contribution in [2.45, 2.75) is 0 Å². The van der Waals surface area contributed by atoms with Gasteiger partial charge in [0.1, 0.15) is 5.84 Å². The Hall–Kier alpha value is -1.38. The first-order chi connectivity index (χ1) is 4.22. The Labute approximate surface area is 53.6 Å². The van der Waals surface area contributed by atoms with Crippen LogP contribution in [0, 0.1) is 0 Å². The first-order valence-corrected chi connectivity index (χ1v) is 2.31. The van der Waals surface area contributed by atoms with Gasteiger partial charge in [-0.15, -0.1) is 0 Å². The number of aliphatic imine (C=N–C) groups is 1. The number of carbonyl (C=O) groups excluding carboxylic acids is 1. The number of hydrogen-bond acceptors (Lipinski definition) is 2. The summed E-state index contributed by atoms with van der Waals surface area (Å²) in [5, 5.41) is 0. The van der Waals surface area contributed by atoms with Crippen LogP contribution >= 0.6 is 0 Å². The summed E-state index contributed by atoms with van der Waals surface area (Å²) >= 11 is 0. The highest BCUT2D eigenvalue weighted by Crippen LogP contribution is 1.83. The fourth-order valence-corrected chi connectivity index (χ4v) is 0.242. The molecule has 48 valence electrons. The number of rotatable bonds is 3. The second kappa shape index (κ2) is 3.60. The smallest absolute Gasteiger partial charge is 0.153 e. The molecule has 0 saturated carbocycles. The summed E-state index contributed by atoms with van der Waals surface area (Å²) in [5.74, 6) is 0.111. The first-order valence-electron chi connectivity index (χ1n) is 2.31. The van der Waals surface area contributed by atoms with Crippen molar-refractivity contribution in [3.05, 3.63) is 24.9 Å². The maximum absolute atomic E-state index is 9.93. The van der Waals surface area contributed by atoms with Crippen LogP contribution < -0.4 is 5.73 Å². The molecule has 0 fully saturated rings. The lowest BCUT2D eigenvalue weighted by molar-refractivity contribution is -0.104. The zero-order chi connectivity index (χ0) is 7.28. The third-order valence-electron chi connectivity index (χ3n) is 0.702. The molecule has 3 nitrogen and oxygen atoms in total. The predicted molar refractivity (Wildman–Crippen MR) is 37.0 cm³/mol. The van der Waals surface area contributed by atoms with Gasteiger partial charge in [0, 0.05) is 11.8 Å². The van der Waals surface area contributed by atoms with Gasteiger partial charge in [0.25, 0.3) is 0 Å². The maximum atomic E-state index is 9.93. The predicted octanol–water partition coefficient (Wildman–Crippen LogP) is 0.242. The van der Waals surface area contributed by atoms with Crippen molar-refractivity contribution < 1.29 is 4.79 Å². The summed E-state index contributed by atoms with van der Waals surface area (Å²) in [7, 11) is 0. The van der Waals surface area contributed by atoms with Crippen LogP contribution in [0.1, 0.15) is 0 Å². The fraction of sp³-hybridized carbons (Fsp3) is 0. The van der Waals surface area contributed by atoms with Crippen molar-refractivity contribution in [3.8, 4) is 0 Å². The summed E-state index contributed by atoms with van der Waals surface area (Å²) in [6.07, 6.45) is 1.80. The lowest BCUT2D eigenvalue weighted by Crippen LogP contribution is -2.13. The lowest BCUT2D eigenvalue weighted by atomic mass is 10.3. The molecule has 0 aromatic rings. The lowest BCUT2D eigenvalue weighted by Gasteiger charge is -1.90. The monoisotopic (exact) mass is 124 g/mol. The number of amidine groups is 1. The molecule has 0 heterocycles. The summed E-state index contributed by atoms with van der Waals surface area (Å²) < 4.78 is 0. The number of hydrogen-bond donors (Lipinski definition) is 1. The van der Waals surface area contributed by atoms with Crippen LogP contribution in [0.5, 0.6) is 0 Å². The SMILES string of the molecule is C=CN=C(N)C(=C)C=O.